The molecule has 0 N–H and O–H groups in total. The van der Waals surface area contributed by atoms with Crippen molar-refractivity contribution in [3.05, 3.63) is 33.7 Å². The van der Waals surface area contributed by atoms with Crippen molar-refractivity contribution in [3.63, 3.8) is 0 Å². The van der Waals surface area contributed by atoms with Gasteiger partial charge < -0.3 is 0 Å². The topological polar surface area (TPSA) is 46.3 Å². The molecule has 0 radical (unpaired) electrons. The number of benzene rings is 1. The first kappa shape index (κ1) is 14.9. The van der Waals surface area contributed by atoms with Crippen LogP contribution in [0.5, 0.6) is 0 Å². The lowest BCUT2D eigenvalue weighted by atomic mass is 10.2. The third kappa shape index (κ3) is 2.95. The van der Waals surface area contributed by atoms with E-state index >= 15 is 0 Å². The highest BCUT2D eigenvalue weighted by molar-refractivity contribution is 14.1. The Balaban J connectivity index is 1.98. The van der Waals surface area contributed by atoms with Gasteiger partial charge >= 0.3 is 0 Å². The van der Waals surface area contributed by atoms with Crippen molar-refractivity contribution in [2.75, 3.05) is 13.1 Å². The summed E-state index contributed by atoms with van der Waals surface area (Å²) in [6.07, 6.45) is 0. The zero-order valence-corrected chi connectivity index (χ0v) is 14.9. The molecule has 0 amide bonds. The molecule has 3 rings (SSSR count). The number of halogens is 1. The number of hydrogen-bond acceptors (Lipinski definition) is 5. The molecule has 0 spiro atoms. The fraction of sp³-hybridized carbons (Fsp3) is 0.357. The van der Waals surface area contributed by atoms with Gasteiger partial charge in [0.15, 0.2) is 5.82 Å². The van der Waals surface area contributed by atoms with E-state index in [4.69, 9.17) is 5.10 Å². The minimum atomic E-state index is 0.781. The molecule has 2 heterocycles. The predicted octanol–water partition coefficient (Wildman–Crippen LogP) is 3.30. The zero-order valence-electron chi connectivity index (χ0n) is 12.0. The highest BCUT2D eigenvalue weighted by Crippen LogP contribution is 2.29. The van der Waals surface area contributed by atoms with Gasteiger partial charge in [0.05, 0.1) is 6.54 Å². The van der Waals surface area contributed by atoms with E-state index in [1.165, 1.54) is 3.57 Å². The van der Waals surface area contributed by atoms with E-state index in [2.05, 4.69) is 63.7 Å². The smallest absolute Gasteiger partial charge is 0.235 e. The van der Waals surface area contributed by atoms with Crippen LogP contribution in [-0.2, 0) is 6.54 Å². The maximum Gasteiger partial charge on any atom is 0.235 e. The molecule has 0 aliphatic carbocycles. The van der Waals surface area contributed by atoms with E-state index in [0.29, 0.717) is 0 Å². The van der Waals surface area contributed by atoms with Crippen molar-refractivity contribution in [2.45, 2.75) is 20.4 Å². The molecule has 0 saturated carbocycles. The summed E-state index contributed by atoms with van der Waals surface area (Å²) in [7, 11) is 0. The van der Waals surface area contributed by atoms with Crippen LogP contribution in [0.25, 0.3) is 15.5 Å². The third-order valence-corrected chi connectivity index (χ3v) is 5.29. The van der Waals surface area contributed by atoms with Crippen LogP contribution in [0.3, 0.4) is 0 Å². The van der Waals surface area contributed by atoms with Crippen LogP contribution in [0, 0.1) is 3.57 Å². The standard InChI is InChI=1S/C14H16IN5S/c1-3-19(4-2)9-12-16-17-14-20(12)18-13(21-14)10-7-5-6-8-11(10)15/h5-8H,3-4,9H2,1-2H3. The van der Waals surface area contributed by atoms with E-state index in [1.54, 1.807) is 11.3 Å². The van der Waals surface area contributed by atoms with Gasteiger partial charge in [-0.05, 0) is 41.7 Å². The Morgan fingerprint density at radius 3 is 2.67 bits per heavy atom. The van der Waals surface area contributed by atoms with Crippen molar-refractivity contribution in [1.82, 2.24) is 24.7 Å². The highest BCUT2D eigenvalue weighted by atomic mass is 127. The number of nitrogens with zero attached hydrogens (tertiary/aromatic N) is 5. The average Bonchev–Trinajstić information content (AvgIpc) is 3.06. The minimum absolute atomic E-state index is 0.781. The van der Waals surface area contributed by atoms with Gasteiger partial charge in [0, 0.05) is 9.13 Å². The molecule has 0 fully saturated rings. The molecule has 5 nitrogen and oxygen atoms in total. The second kappa shape index (κ2) is 6.37. The first-order valence-corrected chi connectivity index (χ1v) is 8.80. The minimum Gasteiger partial charge on any atom is -0.296 e. The normalized spacial score (nSPS) is 11.6. The fourth-order valence-electron chi connectivity index (χ4n) is 2.15. The number of hydrogen-bond donors (Lipinski definition) is 0. The van der Waals surface area contributed by atoms with Gasteiger partial charge in [-0.3, -0.25) is 4.90 Å². The van der Waals surface area contributed by atoms with Crippen LogP contribution in [0.2, 0.25) is 0 Å². The van der Waals surface area contributed by atoms with Crippen molar-refractivity contribution < 1.29 is 0 Å². The van der Waals surface area contributed by atoms with E-state index in [1.807, 2.05) is 16.6 Å². The van der Waals surface area contributed by atoms with E-state index in [-0.39, 0.29) is 0 Å². The van der Waals surface area contributed by atoms with Crippen LogP contribution in [-0.4, -0.2) is 37.8 Å². The van der Waals surface area contributed by atoms with Gasteiger partial charge in [-0.15, -0.1) is 10.2 Å². The number of fused-ring (bicyclic) bond motifs is 1. The summed E-state index contributed by atoms with van der Waals surface area (Å²) in [5.41, 5.74) is 1.15. The number of rotatable bonds is 5. The van der Waals surface area contributed by atoms with Gasteiger partial charge in [0.1, 0.15) is 5.01 Å². The molecule has 0 aliphatic heterocycles. The Morgan fingerprint density at radius 1 is 1.19 bits per heavy atom. The first-order valence-electron chi connectivity index (χ1n) is 6.91. The molecule has 0 aliphatic rings. The summed E-state index contributed by atoms with van der Waals surface area (Å²) in [4.78, 5) is 3.16. The van der Waals surface area contributed by atoms with Crippen LogP contribution in [0.1, 0.15) is 19.7 Å². The maximum absolute atomic E-state index is 4.70. The maximum atomic E-state index is 4.70. The molecular formula is C14H16IN5S. The van der Waals surface area contributed by atoms with Crippen molar-refractivity contribution in [3.8, 4) is 10.6 Å². The molecule has 0 unspecified atom stereocenters. The predicted molar refractivity (Wildman–Crippen MR) is 93.4 cm³/mol. The third-order valence-electron chi connectivity index (χ3n) is 3.42. The summed E-state index contributed by atoms with van der Waals surface area (Å²) in [5.74, 6) is 0.905. The molecule has 2 aromatic heterocycles. The highest BCUT2D eigenvalue weighted by Gasteiger charge is 2.15. The largest absolute Gasteiger partial charge is 0.296 e. The zero-order chi connectivity index (χ0) is 14.8. The van der Waals surface area contributed by atoms with E-state index in [9.17, 15) is 0 Å². The Labute approximate surface area is 141 Å². The van der Waals surface area contributed by atoms with Gasteiger partial charge in [-0.25, -0.2) is 0 Å². The van der Waals surface area contributed by atoms with E-state index in [0.717, 1.165) is 41.0 Å². The summed E-state index contributed by atoms with van der Waals surface area (Å²) in [5, 5.41) is 14.2. The van der Waals surface area contributed by atoms with Crippen molar-refractivity contribution >= 4 is 38.9 Å². The second-order valence-electron chi connectivity index (χ2n) is 4.66. The first-order chi connectivity index (χ1) is 10.2. The lowest BCUT2D eigenvalue weighted by Gasteiger charge is -2.15. The summed E-state index contributed by atoms with van der Waals surface area (Å²) in [6.45, 7) is 7.09. The van der Waals surface area contributed by atoms with Crippen LogP contribution >= 0.6 is 33.9 Å². The van der Waals surface area contributed by atoms with Crippen molar-refractivity contribution in [1.29, 1.82) is 0 Å². The molecule has 0 atom stereocenters. The lowest BCUT2D eigenvalue weighted by molar-refractivity contribution is 0.286. The Morgan fingerprint density at radius 2 is 1.95 bits per heavy atom. The van der Waals surface area contributed by atoms with Crippen molar-refractivity contribution in [2.24, 2.45) is 0 Å². The SMILES string of the molecule is CCN(CC)Cc1nnc2sc(-c3ccccc3I)nn12. The summed E-state index contributed by atoms with van der Waals surface area (Å²) >= 11 is 3.92. The van der Waals surface area contributed by atoms with Crippen LogP contribution in [0.15, 0.2) is 24.3 Å². The second-order valence-corrected chi connectivity index (χ2v) is 6.78. The van der Waals surface area contributed by atoms with Gasteiger partial charge in [0.2, 0.25) is 4.96 Å². The average molecular weight is 413 g/mol. The van der Waals surface area contributed by atoms with Gasteiger partial charge in [-0.2, -0.15) is 9.61 Å². The molecule has 110 valence electrons. The van der Waals surface area contributed by atoms with Gasteiger partial charge in [0.25, 0.3) is 0 Å². The molecule has 1 aromatic carbocycles. The lowest BCUT2D eigenvalue weighted by Crippen LogP contribution is -2.23. The Kier molecular flexibility index (Phi) is 4.51. The van der Waals surface area contributed by atoms with E-state index < -0.39 is 0 Å². The quantitative estimate of drug-likeness (QED) is 0.603. The van der Waals surface area contributed by atoms with Crippen LogP contribution < -0.4 is 0 Å². The molecule has 21 heavy (non-hydrogen) atoms. The monoisotopic (exact) mass is 413 g/mol. The molecule has 0 saturated heterocycles. The fourth-order valence-corrected chi connectivity index (χ4v) is 3.87. The molecular weight excluding hydrogens is 397 g/mol. The summed E-state index contributed by atoms with van der Waals surface area (Å²) < 4.78 is 3.08. The molecule has 3 aromatic rings. The Hall–Kier alpha value is -1.06. The van der Waals surface area contributed by atoms with Crippen LogP contribution in [0.4, 0.5) is 0 Å². The molecule has 7 heteroatoms. The Bertz CT molecular complexity index is 747. The van der Waals surface area contributed by atoms with Gasteiger partial charge in [-0.1, -0.05) is 43.4 Å². The molecule has 0 bridgehead atoms. The summed E-state index contributed by atoms with van der Waals surface area (Å²) in [6, 6.07) is 8.26. The number of aromatic nitrogens is 4.